The zero-order valence-electron chi connectivity index (χ0n) is 14.2. The van der Waals surface area contributed by atoms with Crippen LogP contribution in [0.15, 0.2) is 60.7 Å². The minimum absolute atomic E-state index is 0.188. The van der Waals surface area contributed by atoms with Gasteiger partial charge in [-0.3, -0.25) is 9.78 Å². The highest BCUT2D eigenvalue weighted by atomic mass is 19.1. The van der Waals surface area contributed by atoms with Gasteiger partial charge < -0.3 is 5.32 Å². The van der Waals surface area contributed by atoms with E-state index in [9.17, 15) is 9.18 Å². The molecule has 0 unspecified atom stereocenters. The van der Waals surface area contributed by atoms with Gasteiger partial charge in [0.1, 0.15) is 5.82 Å². The standard InChI is InChI=1S/C21H19FN2O/c1-14-12-16(8-10-19(14)22)13-23-21(25)18-9-11-20(24-15(18)2)17-6-4-3-5-7-17/h3-12H,13H2,1-2H3,(H,23,25). The third-order valence-corrected chi connectivity index (χ3v) is 4.08. The second-order valence-corrected chi connectivity index (χ2v) is 5.96. The zero-order valence-corrected chi connectivity index (χ0v) is 14.2. The average molecular weight is 334 g/mol. The molecule has 0 fully saturated rings. The minimum atomic E-state index is -0.244. The lowest BCUT2D eigenvalue weighted by atomic mass is 10.1. The van der Waals surface area contributed by atoms with Crippen molar-refractivity contribution in [3.8, 4) is 11.3 Å². The lowest BCUT2D eigenvalue weighted by Gasteiger charge is -2.10. The van der Waals surface area contributed by atoms with Crippen molar-refractivity contribution < 1.29 is 9.18 Å². The number of halogens is 1. The molecule has 0 spiro atoms. The summed E-state index contributed by atoms with van der Waals surface area (Å²) < 4.78 is 13.3. The molecule has 25 heavy (non-hydrogen) atoms. The summed E-state index contributed by atoms with van der Waals surface area (Å²) in [5.41, 5.74) is 4.49. The van der Waals surface area contributed by atoms with Crippen molar-refractivity contribution in [2.24, 2.45) is 0 Å². The van der Waals surface area contributed by atoms with Gasteiger partial charge in [-0.15, -0.1) is 0 Å². The fourth-order valence-corrected chi connectivity index (χ4v) is 2.67. The first-order chi connectivity index (χ1) is 12.0. The number of amides is 1. The highest BCUT2D eigenvalue weighted by molar-refractivity contribution is 5.95. The van der Waals surface area contributed by atoms with Crippen LogP contribution < -0.4 is 5.32 Å². The van der Waals surface area contributed by atoms with Crippen molar-refractivity contribution in [1.29, 1.82) is 0 Å². The molecule has 0 saturated heterocycles. The molecule has 0 aliphatic carbocycles. The van der Waals surface area contributed by atoms with Crippen LogP contribution in [0.25, 0.3) is 11.3 Å². The molecule has 4 heteroatoms. The molecule has 1 heterocycles. The van der Waals surface area contributed by atoms with E-state index in [0.717, 1.165) is 16.8 Å². The third-order valence-electron chi connectivity index (χ3n) is 4.08. The van der Waals surface area contributed by atoms with Gasteiger partial charge in [0.25, 0.3) is 5.91 Å². The van der Waals surface area contributed by atoms with Gasteiger partial charge in [-0.2, -0.15) is 0 Å². The smallest absolute Gasteiger partial charge is 0.253 e. The first-order valence-electron chi connectivity index (χ1n) is 8.11. The zero-order chi connectivity index (χ0) is 17.8. The molecule has 3 rings (SSSR count). The van der Waals surface area contributed by atoms with E-state index in [1.54, 1.807) is 25.1 Å². The van der Waals surface area contributed by atoms with E-state index < -0.39 is 0 Å². The largest absolute Gasteiger partial charge is 0.348 e. The maximum atomic E-state index is 13.3. The number of nitrogens with zero attached hydrogens (tertiary/aromatic N) is 1. The Labute approximate surface area is 146 Å². The fraction of sp³-hybridized carbons (Fsp3) is 0.143. The van der Waals surface area contributed by atoms with Crippen LogP contribution in [0.4, 0.5) is 4.39 Å². The molecule has 2 aromatic carbocycles. The molecule has 0 atom stereocenters. The Kier molecular flexibility index (Phi) is 4.89. The van der Waals surface area contributed by atoms with E-state index >= 15 is 0 Å². The lowest BCUT2D eigenvalue weighted by molar-refractivity contribution is 0.0950. The molecular weight excluding hydrogens is 315 g/mol. The molecular formula is C21H19FN2O. The summed E-state index contributed by atoms with van der Waals surface area (Å²) >= 11 is 0. The SMILES string of the molecule is Cc1cc(CNC(=O)c2ccc(-c3ccccc3)nc2C)ccc1F. The van der Waals surface area contributed by atoms with Crippen LogP contribution in [0, 0.1) is 19.7 Å². The first kappa shape index (κ1) is 16.8. The van der Waals surface area contributed by atoms with Gasteiger partial charge in [0.15, 0.2) is 0 Å². The van der Waals surface area contributed by atoms with E-state index in [2.05, 4.69) is 10.3 Å². The van der Waals surface area contributed by atoms with E-state index in [0.29, 0.717) is 23.4 Å². The number of carbonyl (C=O) groups is 1. The summed E-state index contributed by atoms with van der Waals surface area (Å²) in [7, 11) is 0. The van der Waals surface area contributed by atoms with Crippen molar-refractivity contribution in [3.63, 3.8) is 0 Å². The molecule has 1 aromatic heterocycles. The van der Waals surface area contributed by atoms with Crippen LogP contribution in [0.5, 0.6) is 0 Å². The van der Waals surface area contributed by atoms with Crippen LogP contribution in [0.3, 0.4) is 0 Å². The van der Waals surface area contributed by atoms with E-state index in [1.807, 2.05) is 43.3 Å². The van der Waals surface area contributed by atoms with Crippen LogP contribution in [-0.4, -0.2) is 10.9 Å². The number of aromatic nitrogens is 1. The molecule has 126 valence electrons. The summed E-state index contributed by atoms with van der Waals surface area (Å²) in [6, 6.07) is 18.3. The molecule has 3 nitrogen and oxygen atoms in total. The molecule has 0 aliphatic heterocycles. The van der Waals surface area contributed by atoms with E-state index in [-0.39, 0.29) is 11.7 Å². The number of rotatable bonds is 4. The predicted molar refractivity (Wildman–Crippen MR) is 96.7 cm³/mol. The number of aryl methyl sites for hydroxylation is 2. The summed E-state index contributed by atoms with van der Waals surface area (Å²) in [6.07, 6.45) is 0. The van der Waals surface area contributed by atoms with Crippen LogP contribution in [0.1, 0.15) is 27.2 Å². The molecule has 3 aromatic rings. The Hall–Kier alpha value is -3.01. The molecule has 0 aliphatic rings. The second-order valence-electron chi connectivity index (χ2n) is 5.96. The van der Waals surface area contributed by atoms with Gasteiger partial charge in [-0.1, -0.05) is 42.5 Å². The van der Waals surface area contributed by atoms with Crippen LogP contribution in [0.2, 0.25) is 0 Å². The summed E-state index contributed by atoms with van der Waals surface area (Å²) in [6.45, 7) is 3.88. The number of pyridine rings is 1. The van der Waals surface area contributed by atoms with Crippen molar-refractivity contribution in [2.45, 2.75) is 20.4 Å². The normalized spacial score (nSPS) is 10.5. The van der Waals surface area contributed by atoms with Crippen molar-refractivity contribution in [2.75, 3.05) is 0 Å². The minimum Gasteiger partial charge on any atom is -0.348 e. The first-order valence-corrected chi connectivity index (χ1v) is 8.11. The lowest BCUT2D eigenvalue weighted by Crippen LogP contribution is -2.24. The summed E-state index contributed by atoms with van der Waals surface area (Å²) in [4.78, 5) is 16.9. The highest BCUT2D eigenvalue weighted by Crippen LogP contribution is 2.18. The van der Waals surface area contributed by atoms with Gasteiger partial charge >= 0.3 is 0 Å². The Morgan fingerprint density at radius 3 is 2.48 bits per heavy atom. The number of hydrogen-bond donors (Lipinski definition) is 1. The van der Waals surface area contributed by atoms with Gasteiger partial charge in [0.2, 0.25) is 0 Å². The van der Waals surface area contributed by atoms with Crippen molar-refractivity contribution in [1.82, 2.24) is 10.3 Å². The molecule has 1 amide bonds. The van der Waals surface area contributed by atoms with Gasteiger partial charge in [0.05, 0.1) is 17.0 Å². The molecule has 0 radical (unpaired) electrons. The topological polar surface area (TPSA) is 42.0 Å². The van der Waals surface area contributed by atoms with Crippen LogP contribution in [-0.2, 0) is 6.54 Å². The maximum Gasteiger partial charge on any atom is 0.253 e. The second kappa shape index (κ2) is 7.26. The van der Waals surface area contributed by atoms with E-state index in [1.165, 1.54) is 6.07 Å². The number of carbonyl (C=O) groups excluding carboxylic acids is 1. The Morgan fingerprint density at radius 2 is 1.80 bits per heavy atom. The van der Waals surface area contributed by atoms with Gasteiger partial charge in [-0.25, -0.2) is 4.39 Å². The fourth-order valence-electron chi connectivity index (χ4n) is 2.67. The van der Waals surface area contributed by atoms with Gasteiger partial charge in [0, 0.05) is 12.1 Å². The average Bonchev–Trinajstić information content (AvgIpc) is 2.63. The van der Waals surface area contributed by atoms with Gasteiger partial charge in [-0.05, 0) is 43.2 Å². The Morgan fingerprint density at radius 1 is 1.04 bits per heavy atom. The van der Waals surface area contributed by atoms with Crippen molar-refractivity contribution >= 4 is 5.91 Å². The number of nitrogens with one attached hydrogen (secondary N) is 1. The summed E-state index contributed by atoms with van der Waals surface area (Å²) in [5.74, 6) is -0.432. The molecule has 0 saturated carbocycles. The summed E-state index contributed by atoms with van der Waals surface area (Å²) in [5, 5.41) is 2.86. The van der Waals surface area contributed by atoms with E-state index in [4.69, 9.17) is 0 Å². The number of benzene rings is 2. The molecule has 0 bridgehead atoms. The molecule has 1 N–H and O–H groups in total. The third kappa shape index (κ3) is 3.91. The Balaban J connectivity index is 1.73. The predicted octanol–water partition coefficient (Wildman–Crippen LogP) is 4.43. The maximum absolute atomic E-state index is 13.3. The Bertz CT molecular complexity index is 907. The van der Waals surface area contributed by atoms with Crippen molar-refractivity contribution in [3.05, 3.63) is 88.9 Å². The quantitative estimate of drug-likeness (QED) is 0.767. The highest BCUT2D eigenvalue weighted by Gasteiger charge is 2.11. The monoisotopic (exact) mass is 334 g/mol. The van der Waals surface area contributed by atoms with Crippen LogP contribution >= 0.6 is 0 Å². The number of hydrogen-bond acceptors (Lipinski definition) is 2.